The average Bonchev–Trinajstić information content (AvgIpc) is 2.98. The molecule has 0 unspecified atom stereocenters. The Labute approximate surface area is 246 Å². The van der Waals surface area contributed by atoms with Crippen molar-refractivity contribution in [3.63, 3.8) is 0 Å². The minimum absolute atomic E-state index is 0.0504. The summed E-state index contributed by atoms with van der Waals surface area (Å²) >= 11 is 0. The maximum Gasteiger partial charge on any atom is 0.239 e. The van der Waals surface area contributed by atoms with Gasteiger partial charge in [0.2, 0.25) is 17.5 Å². The highest BCUT2D eigenvalue weighted by Crippen LogP contribution is 2.39. The first-order chi connectivity index (χ1) is 20.9. The number of hydrogen-bond donors (Lipinski definition) is 11. The molecule has 10 atom stereocenters. The van der Waals surface area contributed by atoms with Gasteiger partial charge in [0, 0.05) is 17.7 Å². The number of phenolic OH excluding ortho intramolecular Hbond substituents is 4. The van der Waals surface area contributed by atoms with Crippen molar-refractivity contribution in [3.8, 4) is 40.1 Å². The van der Waals surface area contributed by atoms with Gasteiger partial charge in [-0.05, 0) is 18.2 Å². The molecule has 44 heavy (non-hydrogen) atoms. The second-order valence-electron chi connectivity index (χ2n) is 10.3. The molecule has 17 nitrogen and oxygen atoms in total. The van der Waals surface area contributed by atoms with E-state index in [-0.39, 0.29) is 11.1 Å². The van der Waals surface area contributed by atoms with E-state index < -0.39 is 120 Å². The van der Waals surface area contributed by atoms with E-state index in [4.69, 9.17) is 23.4 Å². The minimum Gasteiger partial charge on any atom is -0.508 e. The zero-order valence-corrected chi connectivity index (χ0v) is 22.4. The van der Waals surface area contributed by atoms with Crippen LogP contribution in [0, 0.1) is 0 Å². The van der Waals surface area contributed by atoms with Gasteiger partial charge in [-0.3, -0.25) is 4.79 Å². The van der Waals surface area contributed by atoms with Crippen LogP contribution in [0.4, 0.5) is 0 Å². The van der Waals surface area contributed by atoms with Crippen molar-refractivity contribution in [2.75, 3.05) is 13.2 Å². The molecule has 3 heterocycles. The number of rotatable bonds is 7. The summed E-state index contributed by atoms with van der Waals surface area (Å²) in [4.78, 5) is 13.6. The van der Waals surface area contributed by atoms with Gasteiger partial charge < -0.3 is 79.5 Å². The maximum atomic E-state index is 13.6. The van der Waals surface area contributed by atoms with Gasteiger partial charge in [-0.2, -0.15) is 0 Å². The van der Waals surface area contributed by atoms with Crippen molar-refractivity contribution in [2.24, 2.45) is 0 Å². The summed E-state index contributed by atoms with van der Waals surface area (Å²) in [6.07, 6.45) is -17.7. The van der Waals surface area contributed by atoms with Crippen molar-refractivity contribution in [2.45, 2.75) is 61.4 Å². The van der Waals surface area contributed by atoms with Gasteiger partial charge in [-0.15, -0.1) is 0 Å². The van der Waals surface area contributed by atoms with E-state index in [9.17, 15) is 61.0 Å². The second kappa shape index (κ2) is 12.3. The van der Waals surface area contributed by atoms with Gasteiger partial charge >= 0.3 is 0 Å². The first kappa shape index (κ1) is 31.7. The van der Waals surface area contributed by atoms with E-state index >= 15 is 0 Å². The molecule has 2 aliphatic heterocycles. The fourth-order valence-electron chi connectivity index (χ4n) is 5.00. The Bertz CT molecular complexity index is 1550. The number of hydrogen-bond acceptors (Lipinski definition) is 17. The fourth-order valence-corrected chi connectivity index (χ4v) is 5.00. The van der Waals surface area contributed by atoms with Crippen LogP contribution in [-0.2, 0) is 14.2 Å². The first-order valence-electron chi connectivity index (χ1n) is 13.2. The van der Waals surface area contributed by atoms with Gasteiger partial charge in [-0.1, -0.05) is 0 Å². The van der Waals surface area contributed by atoms with Gasteiger partial charge in [-0.25, -0.2) is 0 Å². The van der Waals surface area contributed by atoms with E-state index in [1.54, 1.807) is 0 Å². The lowest BCUT2D eigenvalue weighted by atomic mass is 9.97. The van der Waals surface area contributed by atoms with E-state index in [2.05, 4.69) is 0 Å². The summed E-state index contributed by atoms with van der Waals surface area (Å²) in [5, 5.41) is 111. The molecule has 0 radical (unpaired) electrons. The molecule has 3 aromatic rings. The molecule has 0 bridgehead atoms. The molecular weight excluding hydrogens is 596 g/mol. The Morgan fingerprint density at radius 1 is 0.705 bits per heavy atom. The number of aliphatic hydroxyl groups is 7. The van der Waals surface area contributed by atoms with E-state index in [0.29, 0.717) is 0 Å². The largest absolute Gasteiger partial charge is 0.508 e. The summed E-state index contributed by atoms with van der Waals surface area (Å²) in [7, 11) is 0. The van der Waals surface area contributed by atoms with Crippen molar-refractivity contribution < 1.29 is 79.5 Å². The SMILES string of the molecule is O=c1c(O[C@@H]2O[C@@H](CO)[C@@H](O[C@@H]3O[C@@H](CO)[C@@H](O)[C@@H](O)[C@H]3O)[C@@H](O)[C@@H]2O)c(-c2ccc(O)c(O)c2)oc2cc(O)cc(O)c12. The third-order valence-corrected chi connectivity index (χ3v) is 7.35. The lowest BCUT2D eigenvalue weighted by Gasteiger charge is -2.45. The molecule has 0 amide bonds. The maximum absolute atomic E-state index is 13.6. The van der Waals surface area contributed by atoms with E-state index in [1.165, 1.54) is 6.07 Å². The Kier molecular flexibility index (Phi) is 8.87. The topological polar surface area (TPSA) is 290 Å². The number of phenols is 4. The molecule has 1 aromatic heterocycles. The van der Waals surface area contributed by atoms with Gasteiger partial charge in [0.1, 0.15) is 71.3 Å². The first-order valence-corrected chi connectivity index (χ1v) is 13.2. The number of ether oxygens (including phenoxy) is 4. The zero-order chi connectivity index (χ0) is 32.0. The Morgan fingerprint density at radius 2 is 1.36 bits per heavy atom. The number of aliphatic hydroxyl groups excluding tert-OH is 7. The third-order valence-electron chi connectivity index (χ3n) is 7.35. The standard InChI is InChI=1S/C27H30O17/c28-6-14-17(34)19(36)21(38)26(41-14)43-24-15(7-29)42-27(22(39)20(24)37)44-25-18(35)16-12(33)4-9(30)5-13(16)40-23(25)8-1-2-10(31)11(32)3-8/h1-5,14-15,17,19-22,24,26-34,36-39H,6-7H2/t14-,15-,17+,19+,20-,21+,22-,24+,26-,27-/m0/s1. The molecule has 2 aromatic carbocycles. The minimum atomic E-state index is -2.04. The van der Waals surface area contributed by atoms with Gasteiger partial charge in [0.15, 0.2) is 23.5 Å². The zero-order valence-electron chi connectivity index (χ0n) is 22.4. The van der Waals surface area contributed by atoms with Crippen LogP contribution < -0.4 is 10.2 Å². The quantitative estimate of drug-likeness (QED) is 0.119. The highest BCUT2D eigenvalue weighted by Gasteiger charge is 2.51. The summed E-state index contributed by atoms with van der Waals surface area (Å²) in [5.41, 5.74) is -1.41. The predicted molar refractivity (Wildman–Crippen MR) is 142 cm³/mol. The van der Waals surface area contributed by atoms with Crippen LogP contribution in [0.1, 0.15) is 0 Å². The predicted octanol–water partition coefficient (Wildman–Crippen LogP) is -2.71. The second-order valence-corrected chi connectivity index (χ2v) is 10.3. The normalized spacial score (nSPS) is 32.5. The van der Waals surface area contributed by atoms with Gasteiger partial charge in [0.05, 0.1) is 13.2 Å². The van der Waals surface area contributed by atoms with Crippen molar-refractivity contribution >= 4 is 11.0 Å². The molecule has 2 aliphatic rings. The Hall–Kier alpha value is -3.75. The number of aromatic hydroxyl groups is 4. The summed E-state index contributed by atoms with van der Waals surface area (Å²) in [6, 6.07) is 5.17. The van der Waals surface area contributed by atoms with Crippen LogP contribution in [0.2, 0.25) is 0 Å². The molecule has 5 rings (SSSR count). The molecule has 0 spiro atoms. The Morgan fingerprint density at radius 3 is 2.02 bits per heavy atom. The summed E-state index contributed by atoms with van der Waals surface area (Å²) < 4.78 is 27.8. The van der Waals surface area contributed by atoms with Crippen LogP contribution in [0.15, 0.2) is 39.5 Å². The van der Waals surface area contributed by atoms with Crippen LogP contribution in [-0.4, -0.2) is 131 Å². The van der Waals surface area contributed by atoms with Crippen molar-refractivity contribution in [1.82, 2.24) is 0 Å². The van der Waals surface area contributed by atoms with E-state index in [0.717, 1.165) is 24.3 Å². The van der Waals surface area contributed by atoms with E-state index in [1.807, 2.05) is 0 Å². The molecule has 0 aliphatic carbocycles. The molecule has 11 N–H and O–H groups in total. The highest BCUT2D eigenvalue weighted by atomic mass is 16.7. The van der Waals surface area contributed by atoms with Gasteiger partial charge in [0.25, 0.3) is 0 Å². The molecule has 240 valence electrons. The Balaban J connectivity index is 1.49. The number of fused-ring (bicyclic) bond motifs is 1. The smallest absolute Gasteiger partial charge is 0.239 e. The highest BCUT2D eigenvalue weighted by molar-refractivity contribution is 5.88. The summed E-state index contributed by atoms with van der Waals surface area (Å²) in [5.74, 6) is -3.44. The van der Waals surface area contributed by atoms with Crippen LogP contribution in [0.3, 0.4) is 0 Å². The number of benzene rings is 2. The summed E-state index contributed by atoms with van der Waals surface area (Å²) in [6.45, 7) is -1.67. The lowest BCUT2D eigenvalue weighted by molar-refractivity contribution is -0.352. The lowest BCUT2D eigenvalue weighted by Crippen LogP contribution is -2.65. The molecule has 17 heteroatoms. The molecule has 0 saturated carbocycles. The molecular formula is C27H30O17. The van der Waals surface area contributed by atoms with Crippen molar-refractivity contribution in [3.05, 3.63) is 40.6 Å². The van der Waals surface area contributed by atoms with Crippen molar-refractivity contribution in [1.29, 1.82) is 0 Å². The fraction of sp³-hybridized carbons (Fsp3) is 0.444. The molecule has 2 fully saturated rings. The monoisotopic (exact) mass is 626 g/mol. The van der Waals surface area contributed by atoms with Crippen LogP contribution in [0.25, 0.3) is 22.3 Å². The molecule has 2 saturated heterocycles. The third kappa shape index (κ3) is 5.61. The van der Waals surface area contributed by atoms with Crippen LogP contribution in [0.5, 0.6) is 28.7 Å². The average molecular weight is 627 g/mol. The van der Waals surface area contributed by atoms with Crippen LogP contribution >= 0.6 is 0 Å².